The molecule has 1 aliphatic heterocycles. The number of ether oxygens (including phenoxy) is 4. The van der Waals surface area contributed by atoms with Crippen LogP contribution in [-0.2, 0) is 16.1 Å². The standard InChI is InChI=1S/C32H39NO6/c1-24(2)32(35)37-17-11-9-7-5-3-4-6-8-10-16-36-29-15-13-26(20-28(29)22-34)27(21-33)18-25-12-14-30-31(19-25)39-23-38-30/h12-15,18-20,34H,1,3-11,16-17,22-23H2,2H3. The number of hydrogen-bond acceptors (Lipinski definition) is 7. The Labute approximate surface area is 231 Å². The molecule has 0 bridgehead atoms. The van der Waals surface area contributed by atoms with Crippen LogP contribution in [0.4, 0.5) is 0 Å². The van der Waals surface area contributed by atoms with Gasteiger partial charge in [0, 0.05) is 11.1 Å². The molecule has 39 heavy (non-hydrogen) atoms. The fourth-order valence-electron chi connectivity index (χ4n) is 4.27. The van der Waals surface area contributed by atoms with Gasteiger partial charge in [-0.05, 0) is 67.3 Å². The van der Waals surface area contributed by atoms with Crippen molar-refractivity contribution in [3.8, 4) is 23.3 Å². The fraction of sp³-hybridized carbons (Fsp3) is 0.438. The summed E-state index contributed by atoms with van der Waals surface area (Å²) in [5.74, 6) is 1.71. The van der Waals surface area contributed by atoms with E-state index in [-0.39, 0.29) is 19.4 Å². The number of unbranched alkanes of at least 4 members (excludes halogenated alkanes) is 8. The molecule has 0 radical (unpaired) electrons. The summed E-state index contributed by atoms with van der Waals surface area (Å²) in [6.07, 6.45) is 11.8. The first-order chi connectivity index (χ1) is 19.0. The van der Waals surface area contributed by atoms with Crippen LogP contribution in [0.1, 0.15) is 81.4 Å². The van der Waals surface area contributed by atoms with Crippen molar-refractivity contribution in [2.75, 3.05) is 20.0 Å². The summed E-state index contributed by atoms with van der Waals surface area (Å²) in [6.45, 7) is 6.34. The number of carbonyl (C=O) groups excluding carboxylic acids is 1. The van der Waals surface area contributed by atoms with Crippen LogP contribution >= 0.6 is 0 Å². The SMILES string of the molecule is C=C(C)C(=O)OCCCCCCCCCCCOc1ccc(C(C#N)=Cc2ccc3c(c2)OCO3)cc1CO. The lowest BCUT2D eigenvalue weighted by atomic mass is 10.0. The normalized spacial score (nSPS) is 12.2. The van der Waals surface area contributed by atoms with E-state index in [2.05, 4.69) is 12.6 Å². The summed E-state index contributed by atoms with van der Waals surface area (Å²) >= 11 is 0. The average Bonchev–Trinajstić information content (AvgIpc) is 3.42. The number of aliphatic hydroxyl groups excluding tert-OH is 1. The van der Waals surface area contributed by atoms with Gasteiger partial charge in [-0.1, -0.05) is 57.6 Å². The topological polar surface area (TPSA) is 98.0 Å². The smallest absolute Gasteiger partial charge is 0.333 e. The molecule has 7 heteroatoms. The van der Waals surface area contributed by atoms with Crippen LogP contribution in [0.25, 0.3) is 11.6 Å². The molecule has 0 aromatic heterocycles. The minimum Gasteiger partial charge on any atom is -0.493 e. The Balaban J connectivity index is 1.33. The Morgan fingerprint density at radius 1 is 0.974 bits per heavy atom. The molecule has 0 saturated heterocycles. The largest absolute Gasteiger partial charge is 0.493 e. The van der Waals surface area contributed by atoms with E-state index in [9.17, 15) is 15.2 Å². The van der Waals surface area contributed by atoms with Gasteiger partial charge in [0.25, 0.3) is 0 Å². The molecule has 3 rings (SSSR count). The maximum Gasteiger partial charge on any atom is 0.333 e. The van der Waals surface area contributed by atoms with Crippen molar-refractivity contribution < 1.29 is 28.8 Å². The molecule has 0 spiro atoms. The van der Waals surface area contributed by atoms with Gasteiger partial charge in [0.1, 0.15) is 5.75 Å². The number of esters is 1. The lowest BCUT2D eigenvalue weighted by molar-refractivity contribution is -0.139. The molecule has 7 nitrogen and oxygen atoms in total. The van der Waals surface area contributed by atoms with Crippen LogP contribution in [0.15, 0.2) is 48.6 Å². The van der Waals surface area contributed by atoms with Crippen molar-refractivity contribution in [3.63, 3.8) is 0 Å². The Morgan fingerprint density at radius 3 is 2.31 bits per heavy atom. The maximum absolute atomic E-state index is 11.3. The van der Waals surface area contributed by atoms with E-state index < -0.39 is 0 Å². The summed E-state index contributed by atoms with van der Waals surface area (Å²) < 4.78 is 21.8. The van der Waals surface area contributed by atoms with Gasteiger partial charge in [0.15, 0.2) is 11.5 Å². The van der Waals surface area contributed by atoms with Crippen LogP contribution in [0.5, 0.6) is 17.2 Å². The Kier molecular flexibility index (Phi) is 12.4. The molecular weight excluding hydrogens is 494 g/mol. The summed E-state index contributed by atoms with van der Waals surface area (Å²) in [5, 5.41) is 19.6. The Hall–Kier alpha value is -3.76. The molecule has 0 aliphatic carbocycles. The van der Waals surface area contributed by atoms with Gasteiger partial charge >= 0.3 is 5.97 Å². The van der Waals surface area contributed by atoms with Crippen LogP contribution in [-0.4, -0.2) is 31.1 Å². The highest BCUT2D eigenvalue weighted by atomic mass is 16.7. The zero-order chi connectivity index (χ0) is 27.9. The molecule has 0 unspecified atom stereocenters. The summed E-state index contributed by atoms with van der Waals surface area (Å²) in [5.41, 5.74) is 3.15. The van der Waals surface area contributed by atoms with Crippen molar-refractivity contribution in [3.05, 3.63) is 65.2 Å². The van der Waals surface area contributed by atoms with Crippen LogP contribution in [0.3, 0.4) is 0 Å². The monoisotopic (exact) mass is 533 g/mol. The van der Waals surface area contributed by atoms with E-state index in [1.165, 1.54) is 25.7 Å². The molecular formula is C32H39NO6. The van der Waals surface area contributed by atoms with E-state index in [0.717, 1.165) is 43.2 Å². The van der Waals surface area contributed by atoms with Crippen LogP contribution in [0.2, 0.25) is 0 Å². The minimum atomic E-state index is -0.303. The number of nitriles is 1. The second-order valence-electron chi connectivity index (χ2n) is 9.71. The molecule has 1 N–H and O–H groups in total. The molecule has 208 valence electrons. The number of nitrogens with zero attached hydrogens (tertiary/aromatic N) is 1. The predicted octanol–water partition coefficient (Wildman–Crippen LogP) is 6.98. The highest BCUT2D eigenvalue weighted by Crippen LogP contribution is 2.34. The summed E-state index contributed by atoms with van der Waals surface area (Å²) in [7, 11) is 0. The van der Waals surface area contributed by atoms with Gasteiger partial charge < -0.3 is 24.1 Å². The molecule has 1 aliphatic rings. The molecule has 2 aromatic carbocycles. The van der Waals surface area contributed by atoms with E-state index >= 15 is 0 Å². The zero-order valence-electron chi connectivity index (χ0n) is 22.9. The average molecular weight is 534 g/mol. The van der Waals surface area contributed by atoms with Crippen molar-refractivity contribution in [1.82, 2.24) is 0 Å². The van der Waals surface area contributed by atoms with Gasteiger partial charge in [-0.15, -0.1) is 0 Å². The highest BCUT2D eigenvalue weighted by molar-refractivity contribution is 5.90. The van der Waals surface area contributed by atoms with Gasteiger partial charge in [0.05, 0.1) is 31.5 Å². The zero-order valence-corrected chi connectivity index (χ0v) is 22.9. The van der Waals surface area contributed by atoms with E-state index in [1.807, 2.05) is 36.4 Å². The van der Waals surface area contributed by atoms with Gasteiger partial charge in [-0.25, -0.2) is 4.79 Å². The van der Waals surface area contributed by atoms with E-state index in [1.54, 1.807) is 13.0 Å². The van der Waals surface area contributed by atoms with Crippen molar-refractivity contribution >= 4 is 17.6 Å². The highest BCUT2D eigenvalue weighted by Gasteiger charge is 2.14. The summed E-state index contributed by atoms with van der Waals surface area (Å²) in [4.78, 5) is 11.3. The van der Waals surface area contributed by atoms with Crippen LogP contribution < -0.4 is 14.2 Å². The first kappa shape index (κ1) is 29.8. The number of rotatable bonds is 17. The number of fused-ring (bicyclic) bond motifs is 1. The lowest BCUT2D eigenvalue weighted by Gasteiger charge is -2.12. The number of hydrogen-bond donors (Lipinski definition) is 1. The quantitative estimate of drug-likeness (QED) is 0.0770. The Bertz CT molecular complexity index is 1180. The number of carbonyl (C=O) groups is 1. The molecule has 0 fully saturated rings. The lowest BCUT2D eigenvalue weighted by Crippen LogP contribution is -2.05. The van der Waals surface area contributed by atoms with Crippen molar-refractivity contribution in [2.45, 2.75) is 71.3 Å². The fourth-order valence-corrected chi connectivity index (χ4v) is 4.27. The molecule has 1 heterocycles. The minimum absolute atomic E-state index is 0.164. The molecule has 0 amide bonds. The van der Waals surface area contributed by atoms with Gasteiger partial charge in [-0.3, -0.25) is 0 Å². The molecule has 2 aromatic rings. The Morgan fingerprint density at radius 2 is 1.64 bits per heavy atom. The van der Waals surface area contributed by atoms with Gasteiger partial charge in [0.2, 0.25) is 6.79 Å². The van der Waals surface area contributed by atoms with Crippen molar-refractivity contribution in [2.24, 2.45) is 0 Å². The second kappa shape index (κ2) is 16.3. The summed E-state index contributed by atoms with van der Waals surface area (Å²) in [6, 6.07) is 13.3. The second-order valence-corrected chi connectivity index (χ2v) is 9.71. The molecule has 0 saturated carbocycles. The predicted molar refractivity (Wildman–Crippen MR) is 151 cm³/mol. The van der Waals surface area contributed by atoms with Gasteiger partial charge in [-0.2, -0.15) is 5.26 Å². The maximum atomic E-state index is 11.3. The molecule has 0 atom stereocenters. The van der Waals surface area contributed by atoms with Crippen molar-refractivity contribution in [1.29, 1.82) is 5.26 Å². The first-order valence-corrected chi connectivity index (χ1v) is 13.7. The number of benzene rings is 2. The van der Waals surface area contributed by atoms with E-state index in [0.29, 0.717) is 47.2 Å². The third kappa shape index (κ3) is 9.81. The van der Waals surface area contributed by atoms with E-state index in [4.69, 9.17) is 18.9 Å². The third-order valence-electron chi connectivity index (χ3n) is 6.50. The van der Waals surface area contributed by atoms with Crippen LogP contribution in [0, 0.1) is 11.3 Å². The third-order valence-corrected chi connectivity index (χ3v) is 6.50. The first-order valence-electron chi connectivity index (χ1n) is 13.7. The number of allylic oxidation sites excluding steroid dienone is 1. The number of aliphatic hydroxyl groups is 1.